The van der Waals surface area contributed by atoms with Crippen LogP contribution < -0.4 is 5.32 Å². The van der Waals surface area contributed by atoms with E-state index < -0.39 is 0 Å². The van der Waals surface area contributed by atoms with E-state index in [1.807, 2.05) is 11.8 Å². The van der Waals surface area contributed by atoms with Crippen LogP contribution in [0, 0.1) is 5.92 Å². The highest BCUT2D eigenvalue weighted by Crippen LogP contribution is 2.36. The second-order valence-electron chi connectivity index (χ2n) is 5.39. The molecule has 0 bridgehead atoms. The van der Waals surface area contributed by atoms with E-state index in [9.17, 15) is 9.59 Å². The predicted octanol–water partition coefficient (Wildman–Crippen LogP) is 1.30. The minimum atomic E-state index is -0.369. The summed E-state index contributed by atoms with van der Waals surface area (Å²) in [6.07, 6.45) is 4.57. The van der Waals surface area contributed by atoms with Gasteiger partial charge in [-0.15, -0.1) is 0 Å². The van der Waals surface area contributed by atoms with Gasteiger partial charge in [0.15, 0.2) is 0 Å². The molecule has 2 fully saturated rings. The van der Waals surface area contributed by atoms with Crippen LogP contribution in [-0.2, 0) is 9.59 Å². The number of rotatable bonds is 4. The van der Waals surface area contributed by atoms with Gasteiger partial charge in [0.2, 0.25) is 11.8 Å². The van der Waals surface area contributed by atoms with Gasteiger partial charge in [0, 0.05) is 6.04 Å². The van der Waals surface area contributed by atoms with E-state index in [1.165, 1.54) is 12.8 Å². The third-order valence-corrected chi connectivity index (χ3v) is 3.95. The molecule has 1 N–H and O–H groups in total. The molecule has 2 aliphatic rings. The monoisotopic (exact) mass is 238 g/mol. The molecule has 1 aliphatic heterocycles. The minimum Gasteiger partial charge on any atom is -0.343 e. The van der Waals surface area contributed by atoms with Gasteiger partial charge in [0.05, 0.1) is 0 Å². The maximum absolute atomic E-state index is 12.2. The van der Waals surface area contributed by atoms with Gasteiger partial charge in [-0.05, 0) is 32.6 Å². The second-order valence-corrected chi connectivity index (χ2v) is 5.39. The van der Waals surface area contributed by atoms with Crippen LogP contribution in [0.1, 0.15) is 46.5 Å². The summed E-state index contributed by atoms with van der Waals surface area (Å²) in [4.78, 5) is 25.8. The Morgan fingerprint density at radius 2 is 2.00 bits per heavy atom. The minimum absolute atomic E-state index is 0.0219. The zero-order chi connectivity index (χ0) is 12.6. The van der Waals surface area contributed by atoms with Crippen LogP contribution in [0.2, 0.25) is 0 Å². The van der Waals surface area contributed by atoms with E-state index in [0.717, 1.165) is 18.8 Å². The van der Waals surface area contributed by atoms with Crippen molar-refractivity contribution < 1.29 is 9.59 Å². The summed E-state index contributed by atoms with van der Waals surface area (Å²) in [7, 11) is 0. The van der Waals surface area contributed by atoms with Gasteiger partial charge in [-0.25, -0.2) is 0 Å². The van der Waals surface area contributed by atoms with E-state index in [1.54, 1.807) is 6.92 Å². The summed E-state index contributed by atoms with van der Waals surface area (Å²) >= 11 is 0. The smallest absolute Gasteiger partial charge is 0.245 e. The molecule has 0 aromatic heterocycles. The first-order valence-electron chi connectivity index (χ1n) is 6.67. The standard InChI is InChI=1S/C13H22N2O2/c1-4-11(7-10-5-6-10)15-9(3)12(16)14-8(2)13(15)17/h8-11H,4-7H2,1-3H3,(H,14,16). The molecule has 2 amide bonds. The zero-order valence-corrected chi connectivity index (χ0v) is 10.9. The van der Waals surface area contributed by atoms with Crippen LogP contribution in [0.3, 0.4) is 0 Å². The molecule has 3 unspecified atom stereocenters. The largest absolute Gasteiger partial charge is 0.343 e. The van der Waals surface area contributed by atoms with Crippen LogP contribution in [0.15, 0.2) is 0 Å². The number of nitrogens with one attached hydrogen (secondary N) is 1. The number of piperazine rings is 1. The second kappa shape index (κ2) is 4.67. The summed E-state index contributed by atoms with van der Waals surface area (Å²) in [5.74, 6) is 0.830. The Balaban J connectivity index is 2.12. The molecule has 1 saturated carbocycles. The molecule has 0 spiro atoms. The lowest BCUT2D eigenvalue weighted by Crippen LogP contribution is -2.64. The van der Waals surface area contributed by atoms with Gasteiger partial charge in [0.25, 0.3) is 0 Å². The van der Waals surface area contributed by atoms with Gasteiger partial charge in [-0.3, -0.25) is 9.59 Å². The first-order chi connectivity index (χ1) is 8.04. The topological polar surface area (TPSA) is 49.4 Å². The normalized spacial score (nSPS) is 31.4. The van der Waals surface area contributed by atoms with Crippen molar-refractivity contribution in [1.29, 1.82) is 0 Å². The molecule has 1 saturated heterocycles. The molecule has 3 atom stereocenters. The molecule has 4 nitrogen and oxygen atoms in total. The molecule has 1 aliphatic carbocycles. The van der Waals surface area contributed by atoms with Crippen molar-refractivity contribution in [2.75, 3.05) is 0 Å². The molecular weight excluding hydrogens is 216 g/mol. The Bertz CT molecular complexity index is 325. The number of carbonyl (C=O) groups excluding carboxylic acids is 2. The fourth-order valence-corrected chi connectivity index (χ4v) is 2.65. The average molecular weight is 238 g/mol. The fraction of sp³-hybridized carbons (Fsp3) is 0.846. The molecule has 4 heteroatoms. The van der Waals surface area contributed by atoms with Crippen LogP contribution in [0.25, 0.3) is 0 Å². The lowest BCUT2D eigenvalue weighted by molar-refractivity contribution is -0.151. The van der Waals surface area contributed by atoms with Crippen LogP contribution in [-0.4, -0.2) is 34.8 Å². The maximum Gasteiger partial charge on any atom is 0.245 e. The number of hydrogen-bond donors (Lipinski definition) is 1. The Labute approximate surface area is 103 Å². The van der Waals surface area contributed by atoms with Gasteiger partial charge in [0.1, 0.15) is 12.1 Å². The molecule has 0 aromatic carbocycles. The van der Waals surface area contributed by atoms with Crippen LogP contribution in [0.5, 0.6) is 0 Å². The van der Waals surface area contributed by atoms with Crippen LogP contribution >= 0.6 is 0 Å². The summed E-state index contributed by atoms with van der Waals surface area (Å²) in [6, 6.07) is -0.451. The van der Waals surface area contributed by atoms with E-state index in [-0.39, 0.29) is 29.9 Å². The van der Waals surface area contributed by atoms with Crippen molar-refractivity contribution in [3.63, 3.8) is 0 Å². The molecule has 0 aromatic rings. The third-order valence-electron chi connectivity index (χ3n) is 3.95. The molecule has 17 heavy (non-hydrogen) atoms. The number of carbonyl (C=O) groups is 2. The Morgan fingerprint density at radius 1 is 1.35 bits per heavy atom. The van der Waals surface area contributed by atoms with E-state index in [2.05, 4.69) is 12.2 Å². The fourth-order valence-electron chi connectivity index (χ4n) is 2.65. The average Bonchev–Trinajstić information content (AvgIpc) is 3.09. The van der Waals surface area contributed by atoms with Crippen molar-refractivity contribution in [2.45, 2.75) is 64.6 Å². The zero-order valence-electron chi connectivity index (χ0n) is 10.9. The lowest BCUT2D eigenvalue weighted by atomic mass is 10.00. The SMILES string of the molecule is CCC(CC1CC1)N1C(=O)C(C)NC(=O)C1C. The first kappa shape index (κ1) is 12.4. The maximum atomic E-state index is 12.2. The number of amides is 2. The van der Waals surface area contributed by atoms with Crippen molar-refractivity contribution >= 4 is 11.8 Å². The van der Waals surface area contributed by atoms with Gasteiger partial charge in [-0.2, -0.15) is 0 Å². The van der Waals surface area contributed by atoms with E-state index >= 15 is 0 Å². The van der Waals surface area contributed by atoms with Crippen LogP contribution in [0.4, 0.5) is 0 Å². The highest BCUT2D eigenvalue weighted by atomic mass is 16.2. The summed E-state index contributed by atoms with van der Waals surface area (Å²) in [6.45, 7) is 5.70. The van der Waals surface area contributed by atoms with Gasteiger partial charge < -0.3 is 10.2 Å². The first-order valence-corrected chi connectivity index (χ1v) is 6.67. The molecule has 0 radical (unpaired) electrons. The summed E-state index contributed by atoms with van der Waals surface area (Å²) in [5, 5.41) is 2.73. The Kier molecular flexibility index (Phi) is 3.40. The molecule has 1 heterocycles. The van der Waals surface area contributed by atoms with Crippen molar-refractivity contribution in [3.05, 3.63) is 0 Å². The lowest BCUT2D eigenvalue weighted by Gasteiger charge is -2.41. The third kappa shape index (κ3) is 2.45. The van der Waals surface area contributed by atoms with Gasteiger partial charge >= 0.3 is 0 Å². The van der Waals surface area contributed by atoms with Crippen molar-refractivity contribution in [1.82, 2.24) is 10.2 Å². The Hall–Kier alpha value is -1.06. The van der Waals surface area contributed by atoms with Crippen molar-refractivity contribution in [3.8, 4) is 0 Å². The quantitative estimate of drug-likeness (QED) is 0.802. The summed E-state index contributed by atoms with van der Waals surface area (Å²) < 4.78 is 0. The predicted molar refractivity (Wildman–Crippen MR) is 65.3 cm³/mol. The Morgan fingerprint density at radius 3 is 2.53 bits per heavy atom. The molecular formula is C13H22N2O2. The molecule has 2 rings (SSSR count). The van der Waals surface area contributed by atoms with Gasteiger partial charge in [-0.1, -0.05) is 19.8 Å². The molecule has 96 valence electrons. The number of nitrogens with zero attached hydrogens (tertiary/aromatic N) is 1. The van der Waals surface area contributed by atoms with E-state index in [4.69, 9.17) is 0 Å². The summed E-state index contributed by atoms with van der Waals surface area (Å²) in [5.41, 5.74) is 0. The van der Waals surface area contributed by atoms with Crippen molar-refractivity contribution in [2.24, 2.45) is 5.92 Å². The number of hydrogen-bond acceptors (Lipinski definition) is 2. The highest BCUT2D eigenvalue weighted by molar-refractivity contribution is 5.96. The van der Waals surface area contributed by atoms with E-state index in [0.29, 0.717) is 0 Å². The highest BCUT2D eigenvalue weighted by Gasteiger charge is 2.40.